The third kappa shape index (κ3) is 2.85. The lowest BCUT2D eigenvalue weighted by molar-refractivity contribution is 1.08. The van der Waals surface area contributed by atoms with Gasteiger partial charge in [0.1, 0.15) is 0 Å². The Morgan fingerprint density at radius 3 is 2.22 bits per heavy atom. The van der Waals surface area contributed by atoms with Crippen LogP contribution in [0, 0.1) is 20.8 Å². The molecule has 0 unspecified atom stereocenters. The van der Waals surface area contributed by atoms with Crippen LogP contribution in [-0.4, -0.2) is 0 Å². The van der Waals surface area contributed by atoms with Crippen molar-refractivity contribution >= 4 is 17.3 Å². The fraction of sp³-hybridized carbons (Fsp3) is 0.250. The van der Waals surface area contributed by atoms with Crippen LogP contribution in [0.4, 0.5) is 5.69 Å². The molecule has 0 amide bonds. The summed E-state index contributed by atoms with van der Waals surface area (Å²) < 4.78 is 0. The van der Waals surface area contributed by atoms with Gasteiger partial charge in [-0.05, 0) is 61.2 Å². The summed E-state index contributed by atoms with van der Waals surface area (Å²) in [4.78, 5) is 0. The van der Waals surface area contributed by atoms with Gasteiger partial charge in [0.15, 0.2) is 0 Å². The van der Waals surface area contributed by atoms with E-state index in [2.05, 4.69) is 44.3 Å². The first-order chi connectivity index (χ1) is 8.58. The number of hydrogen-bond acceptors (Lipinski definition) is 1. The minimum Gasteiger partial charge on any atom is -0.381 e. The van der Waals surface area contributed by atoms with Crippen LogP contribution >= 0.6 is 11.6 Å². The molecule has 0 spiro atoms. The Bertz CT molecular complexity index is 541. The van der Waals surface area contributed by atoms with E-state index in [9.17, 15) is 0 Å². The number of rotatable bonds is 3. The van der Waals surface area contributed by atoms with Gasteiger partial charge in [0.25, 0.3) is 0 Å². The minimum atomic E-state index is 0.783. The molecule has 1 nitrogen and oxygen atoms in total. The van der Waals surface area contributed by atoms with Crippen LogP contribution in [0.25, 0.3) is 0 Å². The maximum Gasteiger partial charge on any atom is 0.0410 e. The lowest BCUT2D eigenvalue weighted by atomic mass is 10.0. The van der Waals surface area contributed by atoms with Crippen LogP contribution in [-0.2, 0) is 6.54 Å². The average Bonchev–Trinajstić information content (AvgIpc) is 2.31. The maximum atomic E-state index is 5.96. The highest BCUT2D eigenvalue weighted by molar-refractivity contribution is 6.30. The molecule has 2 rings (SSSR count). The summed E-state index contributed by atoms with van der Waals surface area (Å²) in [6.45, 7) is 7.22. The molecule has 0 saturated heterocycles. The number of aryl methyl sites for hydroxylation is 3. The number of anilines is 1. The van der Waals surface area contributed by atoms with E-state index in [4.69, 9.17) is 11.6 Å². The fourth-order valence-corrected chi connectivity index (χ4v) is 2.36. The van der Waals surface area contributed by atoms with E-state index in [-0.39, 0.29) is 0 Å². The van der Waals surface area contributed by atoms with Gasteiger partial charge in [0, 0.05) is 17.3 Å². The lowest BCUT2D eigenvalue weighted by Crippen LogP contribution is -2.04. The van der Waals surface area contributed by atoms with Crippen LogP contribution in [0.5, 0.6) is 0 Å². The van der Waals surface area contributed by atoms with Crippen molar-refractivity contribution in [3.05, 3.63) is 63.7 Å². The highest BCUT2D eigenvalue weighted by atomic mass is 35.5. The molecule has 0 aromatic heterocycles. The molecule has 0 atom stereocenters. The fourth-order valence-electron chi connectivity index (χ4n) is 2.14. The van der Waals surface area contributed by atoms with Crippen LogP contribution in [0.3, 0.4) is 0 Å². The molecule has 18 heavy (non-hydrogen) atoms. The van der Waals surface area contributed by atoms with Crippen LogP contribution < -0.4 is 5.32 Å². The monoisotopic (exact) mass is 259 g/mol. The Balaban J connectivity index is 2.16. The molecular formula is C16H18ClN. The van der Waals surface area contributed by atoms with Crippen LogP contribution in [0.15, 0.2) is 36.4 Å². The highest BCUT2D eigenvalue weighted by Crippen LogP contribution is 2.21. The first-order valence-corrected chi connectivity index (χ1v) is 6.51. The normalized spacial score (nSPS) is 10.4. The molecule has 1 N–H and O–H groups in total. The van der Waals surface area contributed by atoms with Gasteiger partial charge in [-0.25, -0.2) is 0 Å². The van der Waals surface area contributed by atoms with Gasteiger partial charge in [-0.15, -0.1) is 0 Å². The molecule has 2 aromatic carbocycles. The molecule has 0 bridgehead atoms. The van der Waals surface area contributed by atoms with Crippen molar-refractivity contribution in [3.8, 4) is 0 Å². The summed E-state index contributed by atoms with van der Waals surface area (Å²) in [5.41, 5.74) is 6.34. The first-order valence-electron chi connectivity index (χ1n) is 6.13. The minimum absolute atomic E-state index is 0.783. The lowest BCUT2D eigenvalue weighted by Gasteiger charge is -2.13. The zero-order chi connectivity index (χ0) is 13.1. The van der Waals surface area contributed by atoms with Gasteiger partial charge in [-0.2, -0.15) is 0 Å². The SMILES string of the molecule is Cc1cc(Cl)ccc1NCc1c(C)cccc1C. The zero-order valence-corrected chi connectivity index (χ0v) is 11.8. The second kappa shape index (κ2) is 5.45. The van der Waals surface area contributed by atoms with E-state index in [0.29, 0.717) is 0 Å². The first kappa shape index (κ1) is 13.0. The second-order valence-electron chi connectivity index (χ2n) is 4.68. The zero-order valence-electron chi connectivity index (χ0n) is 11.0. The summed E-state index contributed by atoms with van der Waals surface area (Å²) >= 11 is 5.96. The van der Waals surface area contributed by atoms with Crippen LogP contribution in [0.1, 0.15) is 22.3 Å². The molecule has 0 heterocycles. The van der Waals surface area contributed by atoms with Crippen molar-refractivity contribution in [3.63, 3.8) is 0 Å². The van der Waals surface area contributed by atoms with E-state index in [1.807, 2.05) is 18.2 Å². The number of benzene rings is 2. The second-order valence-corrected chi connectivity index (χ2v) is 5.12. The predicted octanol–water partition coefficient (Wildman–Crippen LogP) is 4.88. The Morgan fingerprint density at radius 2 is 1.61 bits per heavy atom. The summed E-state index contributed by atoms with van der Waals surface area (Å²) in [6, 6.07) is 12.3. The Kier molecular flexibility index (Phi) is 3.93. The molecule has 0 saturated carbocycles. The summed E-state index contributed by atoms with van der Waals surface area (Å²) in [6.07, 6.45) is 0. The average molecular weight is 260 g/mol. The summed E-state index contributed by atoms with van der Waals surface area (Å²) in [7, 11) is 0. The van der Waals surface area contributed by atoms with Gasteiger partial charge in [0.2, 0.25) is 0 Å². The molecule has 2 heteroatoms. The third-order valence-corrected chi connectivity index (χ3v) is 3.52. The van der Waals surface area contributed by atoms with E-state index < -0.39 is 0 Å². The maximum absolute atomic E-state index is 5.96. The number of halogens is 1. The summed E-state index contributed by atoms with van der Waals surface area (Å²) in [5, 5.41) is 4.26. The van der Waals surface area contributed by atoms with E-state index in [0.717, 1.165) is 17.3 Å². The molecule has 0 aliphatic rings. The molecule has 94 valence electrons. The summed E-state index contributed by atoms with van der Waals surface area (Å²) in [5.74, 6) is 0. The van der Waals surface area contributed by atoms with E-state index >= 15 is 0 Å². The van der Waals surface area contributed by atoms with E-state index in [1.165, 1.54) is 22.3 Å². The molecule has 2 aromatic rings. The topological polar surface area (TPSA) is 12.0 Å². The van der Waals surface area contributed by atoms with Gasteiger partial charge in [0.05, 0.1) is 0 Å². The predicted molar refractivity (Wildman–Crippen MR) is 79.4 cm³/mol. The van der Waals surface area contributed by atoms with Crippen molar-refractivity contribution in [2.45, 2.75) is 27.3 Å². The molecule has 0 radical (unpaired) electrons. The molecule has 0 aliphatic heterocycles. The van der Waals surface area contributed by atoms with Gasteiger partial charge < -0.3 is 5.32 Å². The number of hydrogen-bond donors (Lipinski definition) is 1. The largest absolute Gasteiger partial charge is 0.381 e. The third-order valence-electron chi connectivity index (χ3n) is 3.29. The smallest absolute Gasteiger partial charge is 0.0410 e. The van der Waals surface area contributed by atoms with Gasteiger partial charge in [-0.1, -0.05) is 29.8 Å². The van der Waals surface area contributed by atoms with Gasteiger partial charge >= 0.3 is 0 Å². The van der Waals surface area contributed by atoms with Crippen molar-refractivity contribution in [1.29, 1.82) is 0 Å². The van der Waals surface area contributed by atoms with Crippen LogP contribution in [0.2, 0.25) is 5.02 Å². The Morgan fingerprint density at radius 1 is 0.944 bits per heavy atom. The quantitative estimate of drug-likeness (QED) is 0.829. The van der Waals surface area contributed by atoms with Crippen molar-refractivity contribution in [2.75, 3.05) is 5.32 Å². The van der Waals surface area contributed by atoms with Gasteiger partial charge in [-0.3, -0.25) is 0 Å². The standard InChI is InChI=1S/C16H18ClN/c1-11-5-4-6-12(2)15(11)10-18-16-8-7-14(17)9-13(16)3/h4-9,18H,10H2,1-3H3. The molecule has 0 fully saturated rings. The van der Waals surface area contributed by atoms with Crippen molar-refractivity contribution in [2.24, 2.45) is 0 Å². The van der Waals surface area contributed by atoms with Crippen molar-refractivity contribution in [1.82, 2.24) is 0 Å². The van der Waals surface area contributed by atoms with E-state index in [1.54, 1.807) is 0 Å². The Labute approximate surface area is 114 Å². The Hall–Kier alpha value is -1.47. The molecule has 0 aliphatic carbocycles. The molecular weight excluding hydrogens is 242 g/mol. The number of nitrogens with one attached hydrogen (secondary N) is 1. The highest BCUT2D eigenvalue weighted by Gasteiger charge is 2.03. The van der Waals surface area contributed by atoms with Crippen molar-refractivity contribution < 1.29 is 0 Å².